The maximum atomic E-state index is 12.1. The Morgan fingerprint density at radius 1 is 1.11 bits per heavy atom. The molecule has 0 aromatic carbocycles. The molecule has 0 aromatic heterocycles. The molecule has 2 nitrogen and oxygen atoms in total. The summed E-state index contributed by atoms with van der Waals surface area (Å²) in [5.41, 5.74) is -0.181. The molecule has 5 rings (SSSR count). The summed E-state index contributed by atoms with van der Waals surface area (Å²) in [6, 6.07) is 0. The highest BCUT2D eigenvalue weighted by atomic mass is 16.1. The van der Waals surface area contributed by atoms with Gasteiger partial charge in [-0.1, -0.05) is 0 Å². The number of nitrogens with one attached hydrogen (secondary N) is 1. The van der Waals surface area contributed by atoms with Crippen LogP contribution in [-0.4, -0.2) is 17.9 Å². The average molecular weight is 247 g/mol. The molecule has 4 bridgehead atoms. The molecule has 0 spiro atoms. The molecule has 1 unspecified atom stereocenters. The topological polar surface area (TPSA) is 29.1 Å². The van der Waals surface area contributed by atoms with Crippen molar-refractivity contribution in [2.45, 2.75) is 57.4 Å². The molecule has 4 aliphatic carbocycles. The molecule has 1 atom stereocenters. The van der Waals surface area contributed by atoms with Crippen LogP contribution in [0.4, 0.5) is 0 Å². The third kappa shape index (κ3) is 1.61. The Hall–Kier alpha value is -0.370. The third-order valence-electron chi connectivity index (χ3n) is 6.55. The Morgan fingerprint density at radius 2 is 1.72 bits per heavy atom. The second-order valence-corrected chi connectivity index (χ2v) is 7.73. The second kappa shape index (κ2) is 3.82. The minimum absolute atomic E-state index is 0.181. The molecule has 0 aromatic rings. The summed E-state index contributed by atoms with van der Waals surface area (Å²) >= 11 is 0. The van der Waals surface area contributed by atoms with Gasteiger partial charge in [0.1, 0.15) is 0 Å². The average Bonchev–Trinajstić information content (AvgIpc) is 2.64. The van der Waals surface area contributed by atoms with E-state index in [4.69, 9.17) is 0 Å². The van der Waals surface area contributed by atoms with Crippen molar-refractivity contribution >= 4 is 5.78 Å². The molecule has 5 fully saturated rings. The van der Waals surface area contributed by atoms with Crippen molar-refractivity contribution in [3.63, 3.8) is 0 Å². The van der Waals surface area contributed by atoms with Crippen LogP contribution in [0.1, 0.15) is 51.9 Å². The minimum Gasteiger partial charge on any atom is -0.305 e. The summed E-state index contributed by atoms with van der Waals surface area (Å²) in [5, 5.41) is 3.49. The number of rotatable bonds is 2. The Labute approximate surface area is 110 Å². The van der Waals surface area contributed by atoms with Gasteiger partial charge in [0.25, 0.3) is 0 Å². The Morgan fingerprint density at radius 3 is 2.22 bits per heavy atom. The van der Waals surface area contributed by atoms with Gasteiger partial charge in [-0.05, 0) is 75.0 Å². The first-order valence-corrected chi connectivity index (χ1v) is 7.92. The van der Waals surface area contributed by atoms with Gasteiger partial charge >= 0.3 is 0 Å². The van der Waals surface area contributed by atoms with Crippen LogP contribution in [0.3, 0.4) is 0 Å². The van der Waals surface area contributed by atoms with Gasteiger partial charge in [-0.3, -0.25) is 4.79 Å². The summed E-state index contributed by atoms with van der Waals surface area (Å²) in [6.07, 6.45) is 9.30. The lowest BCUT2D eigenvalue weighted by atomic mass is 9.50. The summed E-state index contributed by atoms with van der Waals surface area (Å²) in [6.45, 7) is 3.07. The molecule has 0 amide bonds. The fraction of sp³-hybridized carbons (Fsp3) is 0.938. The van der Waals surface area contributed by atoms with Crippen LogP contribution in [-0.2, 0) is 4.79 Å². The maximum absolute atomic E-state index is 12.1. The first-order valence-electron chi connectivity index (χ1n) is 7.92. The number of ketones is 1. The lowest BCUT2D eigenvalue weighted by Gasteiger charge is -2.55. The second-order valence-electron chi connectivity index (χ2n) is 7.73. The normalized spacial score (nSPS) is 54.3. The van der Waals surface area contributed by atoms with Crippen molar-refractivity contribution in [3.8, 4) is 0 Å². The van der Waals surface area contributed by atoms with Crippen molar-refractivity contribution in [2.75, 3.05) is 6.54 Å². The van der Waals surface area contributed by atoms with Crippen LogP contribution < -0.4 is 5.32 Å². The van der Waals surface area contributed by atoms with E-state index in [1.54, 1.807) is 0 Å². The predicted molar refractivity (Wildman–Crippen MR) is 71.2 cm³/mol. The lowest BCUT2D eigenvalue weighted by Crippen LogP contribution is -2.51. The molecule has 1 heterocycles. The first kappa shape index (κ1) is 11.5. The lowest BCUT2D eigenvalue weighted by molar-refractivity contribution is -0.124. The van der Waals surface area contributed by atoms with Crippen LogP contribution in [0.25, 0.3) is 0 Å². The molecular weight excluding hydrogens is 222 g/mol. The monoisotopic (exact) mass is 247 g/mol. The third-order valence-corrected chi connectivity index (χ3v) is 6.55. The summed E-state index contributed by atoms with van der Waals surface area (Å²) < 4.78 is 0. The quantitative estimate of drug-likeness (QED) is 0.813. The van der Waals surface area contributed by atoms with Gasteiger partial charge in [-0.25, -0.2) is 0 Å². The fourth-order valence-corrected chi connectivity index (χ4v) is 5.86. The summed E-state index contributed by atoms with van der Waals surface area (Å²) in [7, 11) is 0. The largest absolute Gasteiger partial charge is 0.305 e. The van der Waals surface area contributed by atoms with Crippen LogP contribution in [0.15, 0.2) is 0 Å². The van der Waals surface area contributed by atoms with Crippen molar-refractivity contribution in [2.24, 2.45) is 29.6 Å². The van der Waals surface area contributed by atoms with Crippen LogP contribution >= 0.6 is 0 Å². The van der Waals surface area contributed by atoms with E-state index in [2.05, 4.69) is 12.2 Å². The van der Waals surface area contributed by atoms with Crippen molar-refractivity contribution < 1.29 is 4.79 Å². The van der Waals surface area contributed by atoms with Crippen molar-refractivity contribution in [1.82, 2.24) is 5.32 Å². The van der Waals surface area contributed by atoms with Crippen molar-refractivity contribution in [3.05, 3.63) is 0 Å². The van der Waals surface area contributed by atoms with E-state index >= 15 is 0 Å². The summed E-state index contributed by atoms with van der Waals surface area (Å²) in [4.78, 5) is 12.1. The van der Waals surface area contributed by atoms with Gasteiger partial charge < -0.3 is 5.32 Å². The number of hydrogen-bond donors (Lipinski definition) is 1. The molecule has 100 valence electrons. The smallest absolute Gasteiger partial charge is 0.153 e. The SMILES string of the molecule is CC1(CC2C3CC4CC(C3)CC2C4)NCCC1=O. The van der Waals surface area contributed by atoms with E-state index in [9.17, 15) is 4.79 Å². The molecule has 4 saturated carbocycles. The van der Waals surface area contributed by atoms with Gasteiger partial charge in [0, 0.05) is 13.0 Å². The molecule has 1 aliphatic heterocycles. The highest BCUT2D eigenvalue weighted by molar-refractivity contribution is 5.90. The number of hydrogen-bond acceptors (Lipinski definition) is 2. The van der Waals surface area contributed by atoms with E-state index in [1.807, 2.05) is 0 Å². The van der Waals surface area contributed by atoms with E-state index in [1.165, 1.54) is 32.1 Å². The highest BCUT2D eigenvalue weighted by Gasteiger charge is 2.51. The zero-order chi connectivity index (χ0) is 12.3. The summed E-state index contributed by atoms with van der Waals surface area (Å²) in [5.74, 6) is 5.31. The minimum atomic E-state index is -0.181. The molecule has 18 heavy (non-hydrogen) atoms. The van der Waals surface area contributed by atoms with Crippen LogP contribution in [0.5, 0.6) is 0 Å². The predicted octanol–water partition coefficient (Wildman–Crippen LogP) is 2.77. The molecule has 5 aliphatic rings. The Bertz CT molecular complexity index is 349. The maximum Gasteiger partial charge on any atom is 0.153 e. The van der Waals surface area contributed by atoms with E-state index < -0.39 is 0 Å². The zero-order valence-corrected chi connectivity index (χ0v) is 11.5. The molecular formula is C16H25NO. The van der Waals surface area contributed by atoms with Gasteiger partial charge in [0.15, 0.2) is 5.78 Å². The van der Waals surface area contributed by atoms with Gasteiger partial charge in [-0.2, -0.15) is 0 Å². The van der Waals surface area contributed by atoms with Gasteiger partial charge in [-0.15, -0.1) is 0 Å². The van der Waals surface area contributed by atoms with E-state index in [0.717, 1.165) is 49.0 Å². The fourth-order valence-electron chi connectivity index (χ4n) is 5.86. The Kier molecular flexibility index (Phi) is 2.43. The van der Waals surface area contributed by atoms with Gasteiger partial charge in [0.05, 0.1) is 5.54 Å². The van der Waals surface area contributed by atoms with Crippen LogP contribution in [0.2, 0.25) is 0 Å². The standard InChI is InChI=1S/C16H25NO/c1-16(15(18)2-3-17-16)9-14-12-5-10-4-11(7-12)8-13(14)6-10/h10-14,17H,2-9H2,1H3. The van der Waals surface area contributed by atoms with Gasteiger partial charge in [0.2, 0.25) is 0 Å². The molecule has 0 radical (unpaired) electrons. The number of Topliss-reactive ketones (excluding diaryl/α,β-unsaturated/α-hetero) is 1. The first-order chi connectivity index (χ1) is 8.64. The van der Waals surface area contributed by atoms with E-state index in [-0.39, 0.29) is 5.54 Å². The number of carbonyl (C=O) groups is 1. The van der Waals surface area contributed by atoms with Crippen molar-refractivity contribution in [1.29, 1.82) is 0 Å². The zero-order valence-electron chi connectivity index (χ0n) is 11.5. The molecule has 1 N–H and O–H groups in total. The molecule has 2 heteroatoms. The Balaban J connectivity index is 1.53. The van der Waals surface area contributed by atoms with E-state index in [0.29, 0.717) is 5.78 Å². The molecule has 1 saturated heterocycles. The van der Waals surface area contributed by atoms with Crippen LogP contribution in [0, 0.1) is 29.6 Å². The highest BCUT2D eigenvalue weighted by Crippen LogP contribution is 2.58. The number of carbonyl (C=O) groups excluding carboxylic acids is 1.